The first kappa shape index (κ1) is 20.4. The summed E-state index contributed by atoms with van der Waals surface area (Å²) in [4.78, 5) is 29.8. The molecule has 0 unspecified atom stereocenters. The molecule has 6 nitrogen and oxygen atoms in total. The standard InChI is InChI=1S/C23H21BrN2O4/c1-25(2)11-12-26-20(14-7-9-16(24)10-8-14)19(22(28)23(26)29)21(27)18-13-15-5-3-4-6-17(15)30-18/h3-10,13,20,28H,11-12H2,1-2H3/t20-/m0/s1. The van der Waals surface area contributed by atoms with Crippen LogP contribution in [0.1, 0.15) is 22.2 Å². The van der Waals surface area contributed by atoms with Crippen molar-refractivity contribution in [3.8, 4) is 0 Å². The maximum absolute atomic E-state index is 13.4. The molecule has 1 aromatic heterocycles. The minimum absolute atomic E-state index is 0.0418. The molecule has 1 atom stereocenters. The summed E-state index contributed by atoms with van der Waals surface area (Å²) in [5.74, 6) is -1.46. The first-order chi connectivity index (χ1) is 14.4. The molecule has 30 heavy (non-hydrogen) atoms. The highest BCUT2D eigenvalue weighted by Crippen LogP contribution is 2.39. The number of rotatable bonds is 6. The summed E-state index contributed by atoms with van der Waals surface area (Å²) in [6, 6.07) is 15.6. The van der Waals surface area contributed by atoms with E-state index in [2.05, 4.69) is 15.9 Å². The van der Waals surface area contributed by atoms with Gasteiger partial charge >= 0.3 is 0 Å². The van der Waals surface area contributed by atoms with E-state index in [1.54, 1.807) is 12.1 Å². The number of furan rings is 1. The molecular formula is C23H21BrN2O4. The number of nitrogens with zero attached hydrogens (tertiary/aromatic N) is 2. The zero-order valence-electron chi connectivity index (χ0n) is 16.6. The van der Waals surface area contributed by atoms with Crippen molar-refractivity contribution in [1.82, 2.24) is 9.80 Å². The van der Waals surface area contributed by atoms with Gasteiger partial charge in [-0.3, -0.25) is 9.59 Å². The maximum Gasteiger partial charge on any atom is 0.290 e. The number of ketones is 1. The van der Waals surface area contributed by atoms with Gasteiger partial charge in [0.1, 0.15) is 5.58 Å². The summed E-state index contributed by atoms with van der Waals surface area (Å²) >= 11 is 3.41. The predicted octanol–water partition coefficient (Wildman–Crippen LogP) is 4.34. The zero-order valence-corrected chi connectivity index (χ0v) is 18.2. The lowest BCUT2D eigenvalue weighted by atomic mass is 9.95. The fourth-order valence-corrected chi connectivity index (χ4v) is 3.91. The smallest absolute Gasteiger partial charge is 0.290 e. The zero-order chi connectivity index (χ0) is 21.4. The Hall–Kier alpha value is -2.90. The Morgan fingerprint density at radius 1 is 1.17 bits per heavy atom. The fraction of sp³-hybridized carbons (Fsp3) is 0.217. The Morgan fingerprint density at radius 2 is 1.87 bits per heavy atom. The summed E-state index contributed by atoms with van der Waals surface area (Å²) in [6.45, 7) is 0.964. The number of aliphatic hydroxyl groups excluding tert-OH is 1. The highest BCUT2D eigenvalue weighted by atomic mass is 79.9. The maximum atomic E-state index is 13.4. The Morgan fingerprint density at radius 3 is 2.53 bits per heavy atom. The molecule has 7 heteroatoms. The molecule has 0 aliphatic carbocycles. The van der Waals surface area contributed by atoms with Gasteiger partial charge in [-0.25, -0.2) is 0 Å². The van der Waals surface area contributed by atoms with Gasteiger partial charge in [-0.15, -0.1) is 0 Å². The lowest BCUT2D eigenvalue weighted by molar-refractivity contribution is -0.129. The third-order valence-corrected chi connectivity index (χ3v) is 5.70. The number of Topliss-reactive ketones (excluding diaryl/α,β-unsaturated/α-hetero) is 1. The van der Waals surface area contributed by atoms with Gasteiger partial charge in [-0.1, -0.05) is 46.3 Å². The van der Waals surface area contributed by atoms with E-state index in [1.807, 2.05) is 61.5 Å². The van der Waals surface area contributed by atoms with E-state index in [-0.39, 0.29) is 11.3 Å². The quantitative estimate of drug-likeness (QED) is 0.544. The van der Waals surface area contributed by atoms with Crippen LogP contribution in [0.3, 0.4) is 0 Å². The van der Waals surface area contributed by atoms with Gasteiger partial charge in [-0.2, -0.15) is 0 Å². The van der Waals surface area contributed by atoms with Crippen LogP contribution >= 0.6 is 15.9 Å². The van der Waals surface area contributed by atoms with Crippen LogP contribution in [0, 0.1) is 0 Å². The number of fused-ring (bicyclic) bond motifs is 1. The molecule has 0 saturated carbocycles. The van der Waals surface area contributed by atoms with Crippen molar-refractivity contribution in [3.63, 3.8) is 0 Å². The molecule has 3 aromatic rings. The summed E-state index contributed by atoms with van der Waals surface area (Å²) < 4.78 is 6.61. The molecule has 0 saturated heterocycles. The molecule has 1 amide bonds. The van der Waals surface area contributed by atoms with E-state index < -0.39 is 23.5 Å². The Kier molecular flexibility index (Phi) is 5.49. The fourth-order valence-electron chi connectivity index (χ4n) is 3.64. The minimum Gasteiger partial charge on any atom is -0.503 e. The van der Waals surface area contributed by atoms with E-state index in [0.717, 1.165) is 15.4 Å². The first-order valence-corrected chi connectivity index (χ1v) is 10.3. The molecule has 0 bridgehead atoms. The van der Waals surface area contributed by atoms with Crippen LogP contribution in [0.25, 0.3) is 11.0 Å². The molecule has 154 valence electrons. The average molecular weight is 469 g/mol. The molecule has 4 rings (SSSR count). The third-order valence-electron chi connectivity index (χ3n) is 5.17. The monoisotopic (exact) mass is 468 g/mol. The number of carbonyl (C=O) groups excluding carboxylic acids is 2. The predicted molar refractivity (Wildman–Crippen MR) is 117 cm³/mol. The van der Waals surface area contributed by atoms with Crippen LogP contribution < -0.4 is 0 Å². The number of aliphatic hydroxyl groups is 1. The van der Waals surface area contributed by atoms with Crippen LogP contribution in [-0.4, -0.2) is 53.8 Å². The Labute approximate surface area is 182 Å². The van der Waals surface area contributed by atoms with E-state index in [0.29, 0.717) is 18.7 Å². The molecule has 0 spiro atoms. The van der Waals surface area contributed by atoms with E-state index in [1.165, 1.54) is 4.90 Å². The Bertz CT molecular complexity index is 1110. The van der Waals surface area contributed by atoms with Gasteiger partial charge < -0.3 is 19.3 Å². The topological polar surface area (TPSA) is 74.0 Å². The number of hydrogen-bond acceptors (Lipinski definition) is 5. The van der Waals surface area contributed by atoms with Gasteiger partial charge in [0.2, 0.25) is 5.78 Å². The molecule has 1 N–H and O–H groups in total. The normalized spacial score (nSPS) is 16.9. The molecule has 2 heterocycles. The number of amides is 1. The van der Waals surface area contributed by atoms with Crippen LogP contribution in [0.2, 0.25) is 0 Å². The SMILES string of the molecule is CN(C)CCN1C(=O)C(O)=C(C(=O)c2cc3ccccc3o2)[C@@H]1c1ccc(Br)cc1. The van der Waals surface area contributed by atoms with Crippen LogP contribution in [-0.2, 0) is 4.79 Å². The summed E-state index contributed by atoms with van der Waals surface area (Å²) in [5.41, 5.74) is 1.36. The lowest BCUT2D eigenvalue weighted by Crippen LogP contribution is -2.36. The van der Waals surface area contributed by atoms with Gasteiger partial charge in [-0.05, 0) is 43.9 Å². The van der Waals surface area contributed by atoms with Crippen molar-refractivity contribution in [2.24, 2.45) is 0 Å². The van der Waals surface area contributed by atoms with E-state index in [4.69, 9.17) is 4.42 Å². The summed E-state index contributed by atoms with van der Waals surface area (Å²) in [6.07, 6.45) is 0. The average Bonchev–Trinajstić information content (AvgIpc) is 3.26. The van der Waals surface area contributed by atoms with Crippen molar-refractivity contribution in [2.75, 3.05) is 27.2 Å². The van der Waals surface area contributed by atoms with E-state index >= 15 is 0 Å². The number of para-hydroxylation sites is 1. The van der Waals surface area contributed by atoms with Gasteiger partial charge in [0.25, 0.3) is 5.91 Å². The number of carbonyl (C=O) groups is 2. The highest BCUT2D eigenvalue weighted by molar-refractivity contribution is 9.10. The number of likely N-dealkylation sites (N-methyl/N-ethyl adjacent to an activating group) is 1. The first-order valence-electron chi connectivity index (χ1n) is 9.54. The third kappa shape index (κ3) is 3.66. The second kappa shape index (κ2) is 8.08. The van der Waals surface area contributed by atoms with Crippen molar-refractivity contribution < 1.29 is 19.1 Å². The number of halogens is 1. The molecule has 1 aliphatic rings. The van der Waals surface area contributed by atoms with Gasteiger partial charge in [0, 0.05) is 22.9 Å². The van der Waals surface area contributed by atoms with E-state index in [9.17, 15) is 14.7 Å². The van der Waals surface area contributed by atoms with Crippen molar-refractivity contribution in [2.45, 2.75) is 6.04 Å². The lowest BCUT2D eigenvalue weighted by Gasteiger charge is -2.27. The van der Waals surface area contributed by atoms with Crippen molar-refractivity contribution in [1.29, 1.82) is 0 Å². The summed E-state index contributed by atoms with van der Waals surface area (Å²) in [5, 5.41) is 11.5. The Balaban J connectivity index is 1.78. The van der Waals surface area contributed by atoms with Crippen LogP contribution in [0.15, 0.2) is 74.8 Å². The second-order valence-corrected chi connectivity index (χ2v) is 8.41. The second-order valence-electron chi connectivity index (χ2n) is 7.50. The van der Waals surface area contributed by atoms with Crippen molar-refractivity contribution >= 4 is 38.6 Å². The molecular weight excluding hydrogens is 448 g/mol. The molecule has 0 radical (unpaired) electrons. The highest BCUT2D eigenvalue weighted by Gasteiger charge is 2.44. The largest absolute Gasteiger partial charge is 0.503 e. The van der Waals surface area contributed by atoms with Gasteiger partial charge in [0.05, 0.1) is 11.6 Å². The minimum atomic E-state index is -0.689. The molecule has 2 aromatic carbocycles. The molecule has 1 aliphatic heterocycles. The van der Waals surface area contributed by atoms with Crippen molar-refractivity contribution in [3.05, 3.63) is 81.7 Å². The number of benzene rings is 2. The summed E-state index contributed by atoms with van der Waals surface area (Å²) in [7, 11) is 3.81. The number of hydrogen-bond donors (Lipinski definition) is 1. The van der Waals surface area contributed by atoms with Gasteiger partial charge in [0.15, 0.2) is 11.5 Å². The molecule has 0 fully saturated rings. The van der Waals surface area contributed by atoms with Crippen LogP contribution in [0.4, 0.5) is 0 Å². The van der Waals surface area contributed by atoms with Crippen LogP contribution in [0.5, 0.6) is 0 Å².